The molecule has 1 aliphatic rings. The zero-order valence-electron chi connectivity index (χ0n) is 10.3. The predicted molar refractivity (Wildman–Crippen MR) is 67.3 cm³/mol. The molecule has 1 fully saturated rings. The third-order valence-corrected chi connectivity index (χ3v) is 3.85. The molecule has 0 aliphatic carbocycles. The van der Waals surface area contributed by atoms with Crippen LogP contribution in [0.1, 0.15) is 40.5 Å². The van der Waals surface area contributed by atoms with Crippen LogP contribution in [0, 0.1) is 11.8 Å². The second-order valence-corrected chi connectivity index (χ2v) is 6.48. The highest BCUT2D eigenvalue weighted by atomic mass is 32.2. The minimum absolute atomic E-state index is 0.273. The second kappa shape index (κ2) is 5.78. The van der Waals surface area contributed by atoms with Crippen molar-refractivity contribution in [3.8, 4) is 0 Å². The zero-order chi connectivity index (χ0) is 11.4. The van der Waals surface area contributed by atoms with Gasteiger partial charge in [0.05, 0.1) is 0 Å². The Balaban J connectivity index is 2.50. The van der Waals surface area contributed by atoms with Gasteiger partial charge in [0, 0.05) is 18.3 Å². The molecule has 1 aliphatic heterocycles. The average Bonchev–Trinajstić information content (AvgIpc) is 2.15. The van der Waals surface area contributed by atoms with Gasteiger partial charge in [0.15, 0.2) is 0 Å². The molecule has 1 amide bonds. The third-order valence-electron chi connectivity index (χ3n) is 2.92. The fourth-order valence-electron chi connectivity index (χ4n) is 2.20. The minimum Gasteiger partial charge on any atom is -0.333 e. The number of carbonyl (C=O) groups excluding carboxylic acids is 1. The molecule has 2 atom stereocenters. The first-order valence-corrected chi connectivity index (χ1v) is 6.86. The largest absolute Gasteiger partial charge is 0.333 e. The summed E-state index contributed by atoms with van der Waals surface area (Å²) in [4.78, 5) is 14.0. The Kier molecular flexibility index (Phi) is 4.97. The maximum atomic E-state index is 11.9. The van der Waals surface area contributed by atoms with Crippen molar-refractivity contribution in [1.82, 2.24) is 4.90 Å². The smallest absolute Gasteiger partial charge is 0.281 e. The van der Waals surface area contributed by atoms with E-state index in [1.54, 1.807) is 0 Å². The van der Waals surface area contributed by atoms with Crippen molar-refractivity contribution in [3.63, 3.8) is 0 Å². The second-order valence-electron chi connectivity index (χ2n) is 4.95. The van der Waals surface area contributed by atoms with E-state index < -0.39 is 0 Å². The summed E-state index contributed by atoms with van der Waals surface area (Å²) in [7, 11) is 0. The molecule has 1 saturated heterocycles. The summed E-state index contributed by atoms with van der Waals surface area (Å²) in [6.45, 7) is 10.6. The highest BCUT2D eigenvalue weighted by molar-refractivity contribution is 8.14. The van der Waals surface area contributed by atoms with Crippen LogP contribution in [0.3, 0.4) is 0 Å². The molecule has 0 radical (unpaired) electrons. The first kappa shape index (κ1) is 12.9. The SMILES string of the molecule is CCC1CC(C)CN(C(=O)SC(C)C)C1. The number of rotatable bonds is 2. The van der Waals surface area contributed by atoms with Crippen LogP contribution < -0.4 is 0 Å². The van der Waals surface area contributed by atoms with E-state index in [1.165, 1.54) is 24.6 Å². The van der Waals surface area contributed by atoms with Crippen molar-refractivity contribution in [2.75, 3.05) is 13.1 Å². The first-order chi connectivity index (χ1) is 7.02. The van der Waals surface area contributed by atoms with E-state index in [0.717, 1.165) is 13.1 Å². The van der Waals surface area contributed by atoms with Gasteiger partial charge in [-0.15, -0.1) is 0 Å². The molecule has 15 heavy (non-hydrogen) atoms. The number of thioether (sulfide) groups is 1. The summed E-state index contributed by atoms with van der Waals surface area (Å²) >= 11 is 1.46. The van der Waals surface area contributed by atoms with E-state index in [-0.39, 0.29) is 5.24 Å². The maximum absolute atomic E-state index is 11.9. The van der Waals surface area contributed by atoms with Gasteiger partial charge in [0.2, 0.25) is 0 Å². The lowest BCUT2D eigenvalue weighted by molar-refractivity contribution is 0.156. The van der Waals surface area contributed by atoms with Crippen molar-refractivity contribution in [2.24, 2.45) is 11.8 Å². The lowest BCUT2D eigenvalue weighted by atomic mass is 9.89. The third kappa shape index (κ3) is 4.06. The van der Waals surface area contributed by atoms with Crippen LogP contribution in [-0.4, -0.2) is 28.5 Å². The average molecular weight is 229 g/mol. The summed E-state index contributed by atoms with van der Waals surface area (Å²) in [5.74, 6) is 1.38. The van der Waals surface area contributed by atoms with Crippen molar-refractivity contribution in [1.29, 1.82) is 0 Å². The van der Waals surface area contributed by atoms with Gasteiger partial charge in [-0.25, -0.2) is 0 Å². The van der Waals surface area contributed by atoms with E-state index in [2.05, 4.69) is 27.7 Å². The number of carbonyl (C=O) groups is 1. The number of likely N-dealkylation sites (tertiary alicyclic amines) is 1. The number of hydrogen-bond acceptors (Lipinski definition) is 2. The summed E-state index contributed by atoms with van der Waals surface area (Å²) in [5, 5.41) is 0.671. The monoisotopic (exact) mass is 229 g/mol. The standard InChI is InChI=1S/C12H23NOS/c1-5-11-6-10(4)7-13(8-11)12(14)15-9(2)3/h9-11H,5-8H2,1-4H3. The summed E-state index contributed by atoms with van der Waals surface area (Å²) in [5.41, 5.74) is 0. The van der Waals surface area contributed by atoms with E-state index in [4.69, 9.17) is 0 Å². The van der Waals surface area contributed by atoms with Gasteiger partial charge in [0.25, 0.3) is 5.24 Å². The van der Waals surface area contributed by atoms with Crippen LogP contribution in [0.2, 0.25) is 0 Å². The van der Waals surface area contributed by atoms with Gasteiger partial charge in [-0.2, -0.15) is 0 Å². The number of hydrogen-bond donors (Lipinski definition) is 0. The van der Waals surface area contributed by atoms with Crippen LogP contribution in [0.15, 0.2) is 0 Å². The Hall–Kier alpha value is -0.180. The molecule has 88 valence electrons. The molecule has 0 aromatic rings. The summed E-state index contributed by atoms with van der Waals surface area (Å²) in [6, 6.07) is 0. The van der Waals surface area contributed by atoms with Gasteiger partial charge >= 0.3 is 0 Å². The Morgan fingerprint density at radius 3 is 2.67 bits per heavy atom. The molecule has 2 nitrogen and oxygen atoms in total. The molecule has 0 saturated carbocycles. The Morgan fingerprint density at radius 2 is 2.13 bits per heavy atom. The Bertz CT molecular complexity index is 218. The molecule has 0 spiro atoms. The van der Waals surface area contributed by atoms with E-state index in [0.29, 0.717) is 17.1 Å². The highest BCUT2D eigenvalue weighted by Gasteiger charge is 2.27. The van der Waals surface area contributed by atoms with E-state index in [1.807, 2.05) is 4.90 Å². The fraction of sp³-hybridized carbons (Fsp3) is 0.917. The van der Waals surface area contributed by atoms with Crippen LogP contribution in [-0.2, 0) is 0 Å². The topological polar surface area (TPSA) is 20.3 Å². The number of piperidine rings is 1. The van der Waals surface area contributed by atoms with Crippen LogP contribution in [0.4, 0.5) is 4.79 Å². The van der Waals surface area contributed by atoms with E-state index in [9.17, 15) is 4.79 Å². The summed E-state index contributed by atoms with van der Waals surface area (Å²) in [6.07, 6.45) is 2.48. The molecule has 0 aromatic carbocycles. The Labute approximate surface area is 97.8 Å². The van der Waals surface area contributed by atoms with Gasteiger partial charge in [0.1, 0.15) is 0 Å². The molecule has 0 aromatic heterocycles. The van der Waals surface area contributed by atoms with Crippen LogP contribution >= 0.6 is 11.8 Å². The predicted octanol–water partition coefficient (Wildman–Crippen LogP) is 3.62. The lowest BCUT2D eigenvalue weighted by Crippen LogP contribution is -2.41. The quantitative estimate of drug-likeness (QED) is 0.721. The molecule has 1 rings (SSSR count). The van der Waals surface area contributed by atoms with Gasteiger partial charge in [-0.1, -0.05) is 45.9 Å². The van der Waals surface area contributed by atoms with Crippen LogP contribution in [0.25, 0.3) is 0 Å². The highest BCUT2D eigenvalue weighted by Crippen LogP contribution is 2.27. The maximum Gasteiger partial charge on any atom is 0.281 e. The van der Waals surface area contributed by atoms with Gasteiger partial charge in [-0.3, -0.25) is 4.79 Å². The molecular formula is C12H23NOS. The van der Waals surface area contributed by atoms with Gasteiger partial charge in [-0.05, 0) is 18.3 Å². The molecular weight excluding hydrogens is 206 g/mol. The van der Waals surface area contributed by atoms with Gasteiger partial charge < -0.3 is 4.90 Å². The van der Waals surface area contributed by atoms with E-state index >= 15 is 0 Å². The molecule has 2 unspecified atom stereocenters. The molecule has 0 N–H and O–H groups in total. The number of amides is 1. The minimum atomic E-state index is 0.273. The molecule has 1 heterocycles. The van der Waals surface area contributed by atoms with Crippen molar-refractivity contribution < 1.29 is 4.79 Å². The van der Waals surface area contributed by atoms with Crippen molar-refractivity contribution in [2.45, 2.75) is 45.8 Å². The van der Waals surface area contributed by atoms with Crippen LogP contribution in [0.5, 0.6) is 0 Å². The van der Waals surface area contributed by atoms with Crippen molar-refractivity contribution >= 4 is 17.0 Å². The Morgan fingerprint density at radius 1 is 1.47 bits per heavy atom. The number of nitrogens with zero attached hydrogens (tertiary/aromatic N) is 1. The molecule has 3 heteroatoms. The first-order valence-electron chi connectivity index (χ1n) is 5.98. The lowest BCUT2D eigenvalue weighted by Gasteiger charge is -2.36. The normalized spacial score (nSPS) is 27.1. The zero-order valence-corrected chi connectivity index (χ0v) is 11.1. The molecule has 0 bridgehead atoms. The summed E-state index contributed by atoms with van der Waals surface area (Å²) < 4.78 is 0. The fourth-order valence-corrected chi connectivity index (χ4v) is 2.90. The van der Waals surface area contributed by atoms with Crippen molar-refractivity contribution in [3.05, 3.63) is 0 Å².